The molecule has 42 heavy (non-hydrogen) atoms. The van der Waals surface area contributed by atoms with E-state index in [1.165, 1.54) is 44.6 Å². The van der Waals surface area contributed by atoms with E-state index in [4.69, 9.17) is 10.5 Å². The smallest absolute Gasteiger partial charge is 0.417 e. The van der Waals surface area contributed by atoms with Gasteiger partial charge in [-0.2, -0.15) is 13.2 Å². The van der Waals surface area contributed by atoms with Crippen LogP contribution in [0.25, 0.3) is 16.9 Å². The average molecular weight is 585 g/mol. The van der Waals surface area contributed by atoms with E-state index >= 15 is 0 Å². The Labute approximate surface area is 236 Å². The first-order valence-electron chi connectivity index (χ1n) is 12.9. The third-order valence-electron chi connectivity index (χ3n) is 6.58. The third kappa shape index (κ3) is 5.62. The number of nitrogens with zero attached hydrogens (tertiary/aromatic N) is 6. The number of hydrogen-bond acceptors (Lipinski definition) is 8. The lowest BCUT2D eigenvalue weighted by Crippen LogP contribution is -2.36. The first-order chi connectivity index (χ1) is 19.7. The van der Waals surface area contributed by atoms with E-state index in [1.807, 2.05) is 0 Å². The quantitative estimate of drug-likeness (QED) is 0.365. The van der Waals surface area contributed by atoms with Crippen molar-refractivity contribution in [2.24, 2.45) is 0 Å². The van der Waals surface area contributed by atoms with Crippen LogP contribution < -0.4 is 16.7 Å². The Balaban J connectivity index is 1.42. The molecule has 1 saturated heterocycles. The van der Waals surface area contributed by atoms with Crippen LogP contribution in [0.2, 0.25) is 0 Å². The van der Waals surface area contributed by atoms with Crippen LogP contribution in [0, 0.1) is 0 Å². The molecule has 5 rings (SSSR count). The number of halogens is 3. The second kappa shape index (κ2) is 10.5. The maximum absolute atomic E-state index is 13.8. The number of fused-ring (bicyclic) bond motifs is 1. The lowest BCUT2D eigenvalue weighted by atomic mass is 10.2. The molecule has 1 atom stereocenters. The molecule has 4 aromatic rings. The maximum atomic E-state index is 13.8. The predicted octanol–water partition coefficient (Wildman–Crippen LogP) is 4.01. The van der Waals surface area contributed by atoms with Gasteiger partial charge in [-0.25, -0.2) is 24.5 Å². The van der Waals surface area contributed by atoms with E-state index < -0.39 is 41.1 Å². The topological polar surface area (TPSA) is 150 Å². The number of likely N-dealkylation sites (tertiary alicyclic amines) is 1. The van der Waals surface area contributed by atoms with Crippen molar-refractivity contribution in [2.45, 2.75) is 45.0 Å². The lowest BCUT2D eigenvalue weighted by molar-refractivity contribution is -0.137. The Hall–Kier alpha value is -4.95. The summed E-state index contributed by atoms with van der Waals surface area (Å²) < 4.78 is 46.6. The monoisotopic (exact) mass is 584 g/mol. The number of amides is 2. The Morgan fingerprint density at radius 1 is 1.05 bits per heavy atom. The van der Waals surface area contributed by atoms with Crippen molar-refractivity contribution in [1.82, 2.24) is 29.0 Å². The molecular formula is C27H27F3N8O4. The second-order valence-corrected chi connectivity index (χ2v) is 10.7. The van der Waals surface area contributed by atoms with Crippen molar-refractivity contribution < 1.29 is 27.5 Å². The average Bonchev–Trinajstić information content (AvgIpc) is 3.50. The van der Waals surface area contributed by atoms with Crippen LogP contribution in [-0.2, 0) is 10.9 Å². The fourth-order valence-electron chi connectivity index (χ4n) is 4.67. The van der Waals surface area contributed by atoms with Crippen LogP contribution in [0.5, 0.6) is 0 Å². The minimum absolute atomic E-state index is 0.0572. The number of imidazole rings is 1. The lowest BCUT2D eigenvalue weighted by Gasteiger charge is -2.24. The number of ether oxygens (including phenoxy) is 1. The molecule has 15 heteroatoms. The highest BCUT2D eigenvalue weighted by Gasteiger charge is 2.34. The van der Waals surface area contributed by atoms with Crippen LogP contribution >= 0.6 is 0 Å². The summed E-state index contributed by atoms with van der Waals surface area (Å²) >= 11 is 0. The number of benzene rings is 1. The summed E-state index contributed by atoms with van der Waals surface area (Å²) in [5.74, 6) is -0.606. The molecular weight excluding hydrogens is 557 g/mol. The fourth-order valence-corrected chi connectivity index (χ4v) is 4.67. The van der Waals surface area contributed by atoms with E-state index in [2.05, 4.69) is 20.3 Å². The maximum Gasteiger partial charge on any atom is 0.417 e. The number of hydrogen-bond donors (Lipinski definition) is 2. The van der Waals surface area contributed by atoms with E-state index in [-0.39, 0.29) is 29.3 Å². The molecule has 3 aromatic heterocycles. The molecule has 1 fully saturated rings. The van der Waals surface area contributed by atoms with Gasteiger partial charge in [0, 0.05) is 24.8 Å². The van der Waals surface area contributed by atoms with Crippen LogP contribution in [-0.4, -0.2) is 59.7 Å². The Morgan fingerprint density at radius 3 is 2.38 bits per heavy atom. The van der Waals surface area contributed by atoms with Gasteiger partial charge in [-0.15, -0.1) is 0 Å². The van der Waals surface area contributed by atoms with Crippen LogP contribution in [0.3, 0.4) is 0 Å². The summed E-state index contributed by atoms with van der Waals surface area (Å²) in [6, 6.07) is 7.41. The number of carbonyl (C=O) groups is 2. The number of carbonyl (C=O) groups excluding carboxylic acids is 2. The molecule has 1 aliphatic heterocycles. The zero-order chi connectivity index (χ0) is 30.4. The number of rotatable bonds is 4. The predicted molar refractivity (Wildman–Crippen MR) is 146 cm³/mol. The Kier molecular flexibility index (Phi) is 7.12. The molecule has 0 aliphatic carbocycles. The van der Waals surface area contributed by atoms with Gasteiger partial charge in [0.15, 0.2) is 11.5 Å². The van der Waals surface area contributed by atoms with E-state index in [1.54, 1.807) is 20.8 Å². The summed E-state index contributed by atoms with van der Waals surface area (Å²) in [7, 11) is 0. The highest BCUT2D eigenvalue weighted by Crippen LogP contribution is 2.30. The van der Waals surface area contributed by atoms with E-state index in [0.29, 0.717) is 30.5 Å². The van der Waals surface area contributed by atoms with Crippen molar-refractivity contribution in [3.8, 4) is 5.69 Å². The van der Waals surface area contributed by atoms with Gasteiger partial charge >= 0.3 is 18.0 Å². The molecule has 2 amide bonds. The SMILES string of the molecule is CC(C)(C)OC(=O)N1CC[C@@H](n2c(=O)n(-c3ccc(C(=O)Nc4ccc(C(F)(F)F)cn4)cc3)c3c(N)ncnc32)C1. The van der Waals surface area contributed by atoms with Gasteiger partial charge < -0.3 is 20.7 Å². The molecule has 4 heterocycles. The Bertz CT molecular complexity index is 1710. The van der Waals surface area contributed by atoms with E-state index in [9.17, 15) is 27.6 Å². The first kappa shape index (κ1) is 28.6. The normalized spacial score (nSPS) is 15.7. The summed E-state index contributed by atoms with van der Waals surface area (Å²) in [4.78, 5) is 52.6. The van der Waals surface area contributed by atoms with E-state index in [0.717, 1.165) is 12.1 Å². The van der Waals surface area contributed by atoms with Crippen molar-refractivity contribution in [1.29, 1.82) is 0 Å². The summed E-state index contributed by atoms with van der Waals surface area (Å²) in [6.07, 6.45) is -2.66. The number of anilines is 2. The zero-order valence-corrected chi connectivity index (χ0v) is 22.8. The number of pyridine rings is 1. The van der Waals surface area contributed by atoms with Gasteiger partial charge in [-0.3, -0.25) is 13.9 Å². The van der Waals surface area contributed by atoms with Gasteiger partial charge in [0.05, 0.1) is 17.3 Å². The number of nitrogens with two attached hydrogens (primary N) is 1. The van der Waals surface area contributed by atoms with Crippen LogP contribution in [0.4, 0.5) is 29.6 Å². The highest BCUT2D eigenvalue weighted by molar-refractivity contribution is 6.03. The van der Waals surface area contributed by atoms with Gasteiger partial charge in [0.1, 0.15) is 23.3 Å². The number of alkyl halides is 3. The van der Waals surface area contributed by atoms with Gasteiger partial charge in [0.25, 0.3) is 5.91 Å². The van der Waals surface area contributed by atoms with Gasteiger partial charge in [0.2, 0.25) is 0 Å². The molecule has 1 aliphatic rings. The molecule has 3 N–H and O–H groups in total. The summed E-state index contributed by atoms with van der Waals surface area (Å²) in [5, 5.41) is 2.44. The van der Waals surface area contributed by atoms with Crippen molar-refractivity contribution in [3.05, 3.63) is 70.5 Å². The van der Waals surface area contributed by atoms with Crippen molar-refractivity contribution >= 4 is 34.8 Å². The molecule has 0 spiro atoms. The minimum Gasteiger partial charge on any atom is -0.444 e. The number of aromatic nitrogens is 5. The van der Waals surface area contributed by atoms with Crippen molar-refractivity contribution in [3.63, 3.8) is 0 Å². The number of nitrogens with one attached hydrogen (secondary N) is 1. The largest absolute Gasteiger partial charge is 0.444 e. The molecule has 0 unspecified atom stereocenters. The summed E-state index contributed by atoms with van der Waals surface area (Å²) in [5.41, 5.74) is 5.21. The van der Waals surface area contributed by atoms with Crippen LogP contribution in [0.1, 0.15) is 49.2 Å². The standard InChI is InChI=1S/C27H27F3N8O4/c1-26(2,3)42-25(41)36-11-10-18(13-36)38-22-20(21(31)33-14-34-22)37(24(38)40)17-7-4-15(5-8-17)23(39)35-19-9-6-16(12-32-19)27(28,29)30/h4-9,12,14,18H,10-11,13H2,1-3H3,(H2,31,33,34)(H,32,35,39)/t18-/m1/s1. The third-order valence-corrected chi connectivity index (χ3v) is 6.58. The molecule has 0 bridgehead atoms. The molecule has 12 nitrogen and oxygen atoms in total. The molecule has 0 saturated carbocycles. The van der Waals surface area contributed by atoms with Crippen molar-refractivity contribution in [2.75, 3.05) is 24.1 Å². The highest BCUT2D eigenvalue weighted by atomic mass is 19.4. The Morgan fingerprint density at radius 2 is 1.76 bits per heavy atom. The minimum atomic E-state index is -4.55. The van der Waals surface area contributed by atoms with Gasteiger partial charge in [-0.1, -0.05) is 0 Å². The molecule has 220 valence electrons. The molecule has 1 aromatic carbocycles. The molecule has 0 radical (unpaired) electrons. The summed E-state index contributed by atoms with van der Waals surface area (Å²) in [6.45, 7) is 5.94. The first-order valence-corrected chi connectivity index (χ1v) is 12.9. The zero-order valence-electron chi connectivity index (χ0n) is 22.8. The van der Waals surface area contributed by atoms with Crippen LogP contribution in [0.15, 0.2) is 53.7 Å². The van der Waals surface area contributed by atoms with Gasteiger partial charge in [-0.05, 0) is 63.6 Å². The fraction of sp³-hybridized carbons (Fsp3) is 0.333. The second-order valence-electron chi connectivity index (χ2n) is 10.7. The number of nitrogen functional groups attached to an aromatic ring is 1.